The summed E-state index contributed by atoms with van der Waals surface area (Å²) in [5, 5.41) is 4.38. The molecule has 176 valence electrons. The molecule has 4 rings (SSSR count). The highest BCUT2D eigenvalue weighted by Gasteiger charge is 2.37. The first-order valence-corrected chi connectivity index (χ1v) is 10.8. The van der Waals surface area contributed by atoms with Crippen molar-refractivity contribution in [3.63, 3.8) is 0 Å². The minimum Gasteiger partial charge on any atom is -0.340 e. The molecule has 2 aromatic rings. The molecular formula is C21H21ClF3N5O3. The third kappa shape index (κ3) is 4.68. The fraction of sp³-hybridized carbons (Fsp3) is 0.429. The van der Waals surface area contributed by atoms with E-state index in [1.807, 2.05) is 11.8 Å². The van der Waals surface area contributed by atoms with Gasteiger partial charge in [-0.2, -0.15) is 18.2 Å². The van der Waals surface area contributed by atoms with E-state index in [-0.39, 0.29) is 29.5 Å². The standard InChI is InChI=1S/C21H21ClF3N5O3/c1-10-4-2-3-7-30(10)20-28-17-16(19(33)29-20)12(9-15(31)27-17)18(32)26-11-5-6-14(22)13(8-11)21(23,24)25/h5-6,8,10,12H,2-4,7,9H2,1H3,(H,26,32)(H2,27,28,29,31,33)/t10-,12+/m1/s1. The molecule has 0 unspecified atom stereocenters. The summed E-state index contributed by atoms with van der Waals surface area (Å²) >= 11 is 5.62. The van der Waals surface area contributed by atoms with Crippen molar-refractivity contribution in [1.29, 1.82) is 0 Å². The molecule has 0 spiro atoms. The Morgan fingerprint density at radius 1 is 1.27 bits per heavy atom. The van der Waals surface area contributed by atoms with Gasteiger partial charge in [-0.15, -0.1) is 0 Å². The SMILES string of the molecule is C[C@@H]1CCCCN1c1nc2c(c(=O)[nH]1)[C@@H](C(=O)Nc1ccc(Cl)c(C(F)(F)F)c1)CC(=O)N2. The fourth-order valence-corrected chi connectivity index (χ4v) is 4.41. The van der Waals surface area contributed by atoms with Gasteiger partial charge in [0.15, 0.2) is 0 Å². The van der Waals surface area contributed by atoms with Crippen LogP contribution in [-0.4, -0.2) is 34.4 Å². The third-order valence-corrected chi connectivity index (χ3v) is 6.20. The van der Waals surface area contributed by atoms with Crippen LogP contribution in [-0.2, 0) is 15.8 Å². The maximum absolute atomic E-state index is 13.1. The maximum atomic E-state index is 13.1. The Balaban J connectivity index is 1.65. The number of nitrogens with zero attached hydrogens (tertiary/aromatic N) is 2. The molecule has 0 saturated carbocycles. The van der Waals surface area contributed by atoms with Crippen molar-refractivity contribution in [1.82, 2.24) is 9.97 Å². The summed E-state index contributed by atoms with van der Waals surface area (Å²) in [7, 11) is 0. The van der Waals surface area contributed by atoms with Crippen LogP contribution >= 0.6 is 11.6 Å². The van der Waals surface area contributed by atoms with Crippen molar-refractivity contribution >= 4 is 40.9 Å². The Hall–Kier alpha value is -3.08. The van der Waals surface area contributed by atoms with Crippen LogP contribution < -0.4 is 21.1 Å². The summed E-state index contributed by atoms with van der Waals surface area (Å²) in [6, 6.07) is 3.07. The fourth-order valence-electron chi connectivity index (χ4n) is 4.18. The molecule has 1 fully saturated rings. The van der Waals surface area contributed by atoms with Crippen molar-refractivity contribution in [3.05, 3.63) is 44.7 Å². The highest BCUT2D eigenvalue weighted by Crippen LogP contribution is 2.37. The second-order valence-electron chi connectivity index (χ2n) is 8.18. The second kappa shape index (κ2) is 8.69. The Labute approximate surface area is 191 Å². The van der Waals surface area contributed by atoms with E-state index in [1.165, 1.54) is 6.07 Å². The van der Waals surface area contributed by atoms with Gasteiger partial charge < -0.3 is 15.5 Å². The zero-order valence-electron chi connectivity index (χ0n) is 17.6. The molecule has 2 aliphatic heterocycles. The molecule has 0 bridgehead atoms. The van der Waals surface area contributed by atoms with E-state index in [0.29, 0.717) is 18.6 Å². The summed E-state index contributed by atoms with van der Waals surface area (Å²) < 4.78 is 39.4. The molecule has 2 amide bonds. The van der Waals surface area contributed by atoms with Crippen LogP contribution in [0.25, 0.3) is 0 Å². The van der Waals surface area contributed by atoms with Gasteiger partial charge in [0.25, 0.3) is 5.56 Å². The number of halogens is 4. The number of H-pyrrole nitrogens is 1. The summed E-state index contributed by atoms with van der Waals surface area (Å²) in [4.78, 5) is 47.1. The largest absolute Gasteiger partial charge is 0.417 e. The van der Waals surface area contributed by atoms with Gasteiger partial charge in [0.1, 0.15) is 5.82 Å². The number of fused-ring (bicyclic) bond motifs is 1. The molecule has 1 saturated heterocycles. The monoisotopic (exact) mass is 483 g/mol. The molecule has 33 heavy (non-hydrogen) atoms. The summed E-state index contributed by atoms with van der Waals surface area (Å²) in [6.45, 7) is 2.70. The number of nitrogens with one attached hydrogen (secondary N) is 3. The zero-order valence-corrected chi connectivity index (χ0v) is 18.3. The van der Waals surface area contributed by atoms with Crippen LogP contribution in [0.15, 0.2) is 23.0 Å². The van der Waals surface area contributed by atoms with Gasteiger partial charge in [-0.3, -0.25) is 19.4 Å². The first kappa shape index (κ1) is 23.1. The molecule has 0 aliphatic carbocycles. The zero-order chi connectivity index (χ0) is 23.9. The van der Waals surface area contributed by atoms with Crippen LogP contribution in [0.1, 0.15) is 49.7 Å². The van der Waals surface area contributed by atoms with Crippen molar-refractivity contribution in [2.45, 2.75) is 50.7 Å². The van der Waals surface area contributed by atoms with Gasteiger partial charge in [-0.05, 0) is 44.4 Å². The second-order valence-corrected chi connectivity index (χ2v) is 8.58. The van der Waals surface area contributed by atoms with Crippen LogP contribution in [0, 0.1) is 0 Å². The summed E-state index contributed by atoms with van der Waals surface area (Å²) in [5.74, 6) is -2.25. The van der Waals surface area contributed by atoms with E-state index in [0.717, 1.165) is 25.3 Å². The number of anilines is 3. The number of hydrogen-bond donors (Lipinski definition) is 3. The first-order valence-electron chi connectivity index (χ1n) is 10.4. The van der Waals surface area contributed by atoms with Gasteiger partial charge >= 0.3 is 6.18 Å². The molecule has 3 heterocycles. The highest BCUT2D eigenvalue weighted by molar-refractivity contribution is 6.31. The van der Waals surface area contributed by atoms with Gasteiger partial charge in [-0.25, -0.2) is 0 Å². The van der Waals surface area contributed by atoms with E-state index in [4.69, 9.17) is 11.6 Å². The lowest BCUT2D eigenvalue weighted by Crippen LogP contribution is -2.42. The molecule has 2 aliphatic rings. The molecule has 3 N–H and O–H groups in total. The maximum Gasteiger partial charge on any atom is 0.417 e. The van der Waals surface area contributed by atoms with E-state index < -0.39 is 40.1 Å². The predicted molar refractivity (Wildman–Crippen MR) is 117 cm³/mol. The average Bonchev–Trinajstić information content (AvgIpc) is 2.73. The number of aromatic nitrogens is 2. The molecule has 1 aromatic heterocycles. The van der Waals surface area contributed by atoms with Gasteiger partial charge in [0, 0.05) is 24.7 Å². The van der Waals surface area contributed by atoms with E-state index in [9.17, 15) is 27.6 Å². The average molecular weight is 484 g/mol. The quantitative estimate of drug-likeness (QED) is 0.614. The highest BCUT2D eigenvalue weighted by atomic mass is 35.5. The van der Waals surface area contributed by atoms with E-state index >= 15 is 0 Å². The molecule has 12 heteroatoms. The number of piperidine rings is 1. The van der Waals surface area contributed by atoms with Gasteiger partial charge in [0.2, 0.25) is 17.8 Å². The number of amides is 2. The number of carbonyl (C=O) groups excluding carboxylic acids is 2. The van der Waals surface area contributed by atoms with Gasteiger partial charge in [-0.1, -0.05) is 11.6 Å². The molecule has 0 radical (unpaired) electrons. The Morgan fingerprint density at radius 2 is 2.03 bits per heavy atom. The van der Waals surface area contributed by atoms with Gasteiger partial charge in [0.05, 0.1) is 22.1 Å². The lowest BCUT2D eigenvalue weighted by Gasteiger charge is -2.34. The lowest BCUT2D eigenvalue weighted by atomic mass is 9.92. The smallest absolute Gasteiger partial charge is 0.340 e. The third-order valence-electron chi connectivity index (χ3n) is 5.87. The Morgan fingerprint density at radius 3 is 2.73 bits per heavy atom. The minimum atomic E-state index is -4.71. The number of carbonyl (C=O) groups is 2. The van der Waals surface area contributed by atoms with Crippen molar-refractivity contribution in [2.24, 2.45) is 0 Å². The Kier molecular flexibility index (Phi) is 6.08. The molecule has 1 aromatic carbocycles. The van der Waals surface area contributed by atoms with Crippen LogP contribution in [0.4, 0.5) is 30.6 Å². The lowest BCUT2D eigenvalue weighted by molar-refractivity contribution is -0.137. The van der Waals surface area contributed by atoms with E-state index in [2.05, 4.69) is 20.6 Å². The number of alkyl halides is 3. The van der Waals surface area contributed by atoms with Crippen molar-refractivity contribution in [2.75, 3.05) is 22.1 Å². The molecule has 2 atom stereocenters. The van der Waals surface area contributed by atoms with Crippen LogP contribution in [0.5, 0.6) is 0 Å². The Bertz CT molecular complexity index is 1170. The topological polar surface area (TPSA) is 107 Å². The van der Waals surface area contributed by atoms with Crippen LogP contribution in [0.3, 0.4) is 0 Å². The number of aromatic amines is 1. The predicted octanol–water partition coefficient (Wildman–Crippen LogP) is 3.89. The minimum absolute atomic E-state index is 0.0185. The summed E-state index contributed by atoms with van der Waals surface area (Å²) in [6.07, 6.45) is -2.13. The first-order chi connectivity index (χ1) is 15.5. The van der Waals surface area contributed by atoms with Crippen molar-refractivity contribution in [3.8, 4) is 0 Å². The molecular weight excluding hydrogens is 463 g/mol. The van der Waals surface area contributed by atoms with Crippen molar-refractivity contribution < 1.29 is 22.8 Å². The van der Waals surface area contributed by atoms with Crippen LogP contribution in [0.2, 0.25) is 5.02 Å². The summed E-state index contributed by atoms with van der Waals surface area (Å²) in [5.41, 5.74) is -1.89. The molecule has 8 nitrogen and oxygen atoms in total. The number of rotatable bonds is 3. The van der Waals surface area contributed by atoms with E-state index in [1.54, 1.807) is 0 Å². The number of hydrogen-bond acceptors (Lipinski definition) is 5. The normalized spacial score (nSPS) is 20.8. The number of benzene rings is 1.